The van der Waals surface area contributed by atoms with E-state index in [0.29, 0.717) is 5.69 Å². The molecule has 1 heterocycles. The molecule has 1 aromatic carbocycles. The first-order valence-electron chi connectivity index (χ1n) is 6.25. The molecule has 2 aromatic rings. The average molecular weight is 262 g/mol. The minimum absolute atomic E-state index is 0.0206. The number of aromatic nitrogens is 1. The molecular formula is C14H18N2OS. The van der Waals surface area contributed by atoms with Gasteiger partial charge in [-0.3, -0.25) is 4.79 Å². The van der Waals surface area contributed by atoms with Crippen LogP contribution >= 0.6 is 11.8 Å². The minimum Gasteiger partial charge on any atom is -0.351 e. The summed E-state index contributed by atoms with van der Waals surface area (Å²) in [5.41, 5.74) is 1.64. The van der Waals surface area contributed by atoms with Crippen LogP contribution < -0.4 is 5.32 Å². The molecule has 96 valence electrons. The van der Waals surface area contributed by atoms with Gasteiger partial charge in [0.2, 0.25) is 0 Å². The van der Waals surface area contributed by atoms with Crippen molar-refractivity contribution in [3.63, 3.8) is 0 Å². The highest BCUT2D eigenvalue weighted by Gasteiger charge is 2.07. The predicted octanol–water partition coefficient (Wildman–Crippen LogP) is 3.04. The fraction of sp³-hybridized carbons (Fsp3) is 0.357. The molecule has 18 heavy (non-hydrogen) atoms. The monoisotopic (exact) mass is 262 g/mol. The Hall–Kier alpha value is -1.42. The number of aromatic amines is 1. The Morgan fingerprint density at radius 2 is 2.22 bits per heavy atom. The molecule has 3 nitrogen and oxygen atoms in total. The van der Waals surface area contributed by atoms with Crippen molar-refractivity contribution < 1.29 is 4.79 Å². The van der Waals surface area contributed by atoms with Crippen molar-refractivity contribution in [2.45, 2.75) is 13.3 Å². The molecule has 0 aliphatic heterocycles. The highest BCUT2D eigenvalue weighted by molar-refractivity contribution is 7.99. The van der Waals surface area contributed by atoms with E-state index in [4.69, 9.17) is 0 Å². The van der Waals surface area contributed by atoms with Gasteiger partial charge < -0.3 is 10.3 Å². The van der Waals surface area contributed by atoms with Crippen molar-refractivity contribution in [3.05, 3.63) is 36.0 Å². The number of amides is 1. The van der Waals surface area contributed by atoms with Gasteiger partial charge in [-0.1, -0.05) is 25.1 Å². The Morgan fingerprint density at radius 1 is 1.39 bits per heavy atom. The van der Waals surface area contributed by atoms with E-state index in [0.717, 1.165) is 35.4 Å². The molecule has 0 radical (unpaired) electrons. The van der Waals surface area contributed by atoms with Crippen LogP contribution in [0.25, 0.3) is 10.9 Å². The molecule has 0 spiro atoms. The van der Waals surface area contributed by atoms with Crippen molar-refractivity contribution in [1.29, 1.82) is 0 Å². The molecular weight excluding hydrogens is 244 g/mol. The molecule has 2 rings (SSSR count). The third-order valence-corrected chi connectivity index (χ3v) is 3.72. The molecule has 0 fully saturated rings. The van der Waals surface area contributed by atoms with Crippen molar-refractivity contribution in [3.8, 4) is 0 Å². The van der Waals surface area contributed by atoms with Gasteiger partial charge in [0, 0.05) is 17.4 Å². The number of para-hydroxylation sites is 1. The minimum atomic E-state index is -0.0206. The van der Waals surface area contributed by atoms with Crippen LogP contribution in [0.5, 0.6) is 0 Å². The number of rotatable bonds is 6. The van der Waals surface area contributed by atoms with Gasteiger partial charge in [0.15, 0.2) is 0 Å². The van der Waals surface area contributed by atoms with Gasteiger partial charge in [0.25, 0.3) is 5.91 Å². The summed E-state index contributed by atoms with van der Waals surface area (Å²) in [6.45, 7) is 2.88. The van der Waals surface area contributed by atoms with Gasteiger partial charge in [0.05, 0.1) is 0 Å². The molecule has 4 heteroatoms. The van der Waals surface area contributed by atoms with Crippen LogP contribution in [-0.2, 0) is 0 Å². The van der Waals surface area contributed by atoms with Crippen LogP contribution in [0.1, 0.15) is 23.8 Å². The van der Waals surface area contributed by atoms with Crippen LogP contribution in [-0.4, -0.2) is 28.9 Å². The summed E-state index contributed by atoms with van der Waals surface area (Å²) in [5.74, 6) is 2.21. The first kappa shape index (κ1) is 13.0. The normalized spacial score (nSPS) is 10.7. The zero-order chi connectivity index (χ0) is 12.8. The number of hydrogen-bond donors (Lipinski definition) is 2. The van der Waals surface area contributed by atoms with E-state index >= 15 is 0 Å². The third-order valence-electron chi connectivity index (χ3n) is 2.73. The fourth-order valence-corrected chi connectivity index (χ4v) is 2.45. The number of fused-ring (bicyclic) bond motifs is 1. The lowest BCUT2D eigenvalue weighted by Crippen LogP contribution is -2.25. The van der Waals surface area contributed by atoms with Gasteiger partial charge in [-0.2, -0.15) is 11.8 Å². The highest BCUT2D eigenvalue weighted by Crippen LogP contribution is 2.14. The van der Waals surface area contributed by atoms with Crippen LogP contribution in [0, 0.1) is 0 Å². The zero-order valence-electron chi connectivity index (χ0n) is 10.5. The smallest absolute Gasteiger partial charge is 0.267 e. The van der Waals surface area contributed by atoms with Crippen LogP contribution in [0.4, 0.5) is 0 Å². The molecule has 0 saturated carbocycles. The Kier molecular flexibility index (Phi) is 4.70. The SMILES string of the molecule is CCSCCCNC(=O)c1cc2ccccc2[nH]1. The van der Waals surface area contributed by atoms with E-state index in [9.17, 15) is 4.79 Å². The van der Waals surface area contributed by atoms with Gasteiger partial charge in [0.1, 0.15) is 5.69 Å². The Bertz CT molecular complexity index is 488. The summed E-state index contributed by atoms with van der Waals surface area (Å²) in [5, 5.41) is 4.01. The second kappa shape index (κ2) is 6.50. The molecule has 2 N–H and O–H groups in total. The van der Waals surface area contributed by atoms with E-state index in [1.54, 1.807) is 0 Å². The number of H-pyrrole nitrogens is 1. The van der Waals surface area contributed by atoms with Crippen molar-refractivity contribution in [2.75, 3.05) is 18.1 Å². The Morgan fingerprint density at radius 3 is 3.00 bits per heavy atom. The first-order chi connectivity index (χ1) is 8.81. The first-order valence-corrected chi connectivity index (χ1v) is 7.40. The molecule has 0 saturated heterocycles. The summed E-state index contributed by atoms with van der Waals surface area (Å²) in [7, 11) is 0. The third kappa shape index (κ3) is 3.29. The summed E-state index contributed by atoms with van der Waals surface area (Å²) < 4.78 is 0. The number of hydrogen-bond acceptors (Lipinski definition) is 2. The molecule has 1 aromatic heterocycles. The number of thioether (sulfide) groups is 1. The predicted molar refractivity (Wildman–Crippen MR) is 78.2 cm³/mol. The zero-order valence-corrected chi connectivity index (χ0v) is 11.3. The van der Waals surface area contributed by atoms with E-state index in [1.807, 2.05) is 42.1 Å². The molecule has 0 aliphatic rings. The van der Waals surface area contributed by atoms with Crippen molar-refractivity contribution >= 4 is 28.6 Å². The van der Waals surface area contributed by atoms with Gasteiger partial charge >= 0.3 is 0 Å². The number of carbonyl (C=O) groups is 1. The quantitative estimate of drug-likeness (QED) is 0.786. The lowest BCUT2D eigenvalue weighted by molar-refractivity contribution is 0.0949. The summed E-state index contributed by atoms with van der Waals surface area (Å²) in [6.07, 6.45) is 1.02. The standard InChI is InChI=1S/C14H18N2OS/c1-2-18-9-5-8-15-14(17)13-10-11-6-3-4-7-12(11)16-13/h3-4,6-7,10,16H,2,5,8-9H2,1H3,(H,15,17). The maximum Gasteiger partial charge on any atom is 0.267 e. The van der Waals surface area contributed by atoms with E-state index in [-0.39, 0.29) is 5.91 Å². The highest BCUT2D eigenvalue weighted by atomic mass is 32.2. The Balaban J connectivity index is 1.88. The summed E-state index contributed by atoms with van der Waals surface area (Å²) in [6, 6.07) is 9.80. The maximum atomic E-state index is 11.9. The molecule has 1 amide bonds. The number of benzene rings is 1. The number of carbonyl (C=O) groups excluding carboxylic acids is 1. The number of nitrogens with one attached hydrogen (secondary N) is 2. The lowest BCUT2D eigenvalue weighted by atomic mass is 10.2. The van der Waals surface area contributed by atoms with Gasteiger partial charge in [-0.25, -0.2) is 0 Å². The molecule has 0 unspecified atom stereocenters. The van der Waals surface area contributed by atoms with Crippen LogP contribution in [0.15, 0.2) is 30.3 Å². The maximum absolute atomic E-state index is 11.9. The Labute approximate surface area is 111 Å². The van der Waals surface area contributed by atoms with E-state index in [2.05, 4.69) is 17.2 Å². The van der Waals surface area contributed by atoms with Gasteiger partial charge in [-0.15, -0.1) is 0 Å². The average Bonchev–Trinajstić information content (AvgIpc) is 2.82. The van der Waals surface area contributed by atoms with Gasteiger partial charge in [-0.05, 0) is 30.1 Å². The molecule has 0 aliphatic carbocycles. The molecule has 0 bridgehead atoms. The second-order valence-corrected chi connectivity index (χ2v) is 5.47. The topological polar surface area (TPSA) is 44.9 Å². The lowest BCUT2D eigenvalue weighted by Gasteiger charge is -2.02. The largest absolute Gasteiger partial charge is 0.351 e. The van der Waals surface area contributed by atoms with Crippen molar-refractivity contribution in [1.82, 2.24) is 10.3 Å². The van der Waals surface area contributed by atoms with Crippen LogP contribution in [0.2, 0.25) is 0 Å². The van der Waals surface area contributed by atoms with E-state index in [1.165, 1.54) is 0 Å². The van der Waals surface area contributed by atoms with E-state index < -0.39 is 0 Å². The van der Waals surface area contributed by atoms with Crippen LogP contribution in [0.3, 0.4) is 0 Å². The molecule has 0 atom stereocenters. The summed E-state index contributed by atoms with van der Waals surface area (Å²) in [4.78, 5) is 15.0. The van der Waals surface area contributed by atoms with Crippen molar-refractivity contribution in [2.24, 2.45) is 0 Å². The fourth-order valence-electron chi connectivity index (χ4n) is 1.81. The summed E-state index contributed by atoms with van der Waals surface area (Å²) >= 11 is 1.90. The second-order valence-electron chi connectivity index (χ2n) is 4.08.